The molecule has 0 amide bonds. The van der Waals surface area contributed by atoms with E-state index in [1.165, 1.54) is 24.0 Å². The Morgan fingerprint density at radius 2 is 1.83 bits per heavy atom. The van der Waals surface area contributed by atoms with Gasteiger partial charge in [0.2, 0.25) is 0 Å². The highest BCUT2D eigenvalue weighted by Crippen LogP contribution is 2.15. The van der Waals surface area contributed by atoms with Crippen LogP contribution in [0.2, 0.25) is 0 Å². The summed E-state index contributed by atoms with van der Waals surface area (Å²) in [6.45, 7) is 8.45. The molecule has 0 aliphatic carbocycles. The summed E-state index contributed by atoms with van der Waals surface area (Å²) in [5.41, 5.74) is 2.80. The maximum Gasteiger partial charge on any atom is 0.0469 e. The minimum Gasteiger partial charge on any atom is -0.381 e. The van der Waals surface area contributed by atoms with Gasteiger partial charge in [0, 0.05) is 19.8 Å². The summed E-state index contributed by atoms with van der Waals surface area (Å²) in [6, 6.07) is 8.98. The number of rotatable bonds is 5. The molecule has 1 N–H and O–H groups in total. The zero-order valence-corrected chi connectivity index (χ0v) is 11.6. The molecule has 1 saturated heterocycles. The molecule has 0 radical (unpaired) electrons. The third kappa shape index (κ3) is 4.11. The van der Waals surface area contributed by atoms with Crippen LogP contribution >= 0.6 is 0 Å². The number of hydrogen-bond acceptors (Lipinski definition) is 2. The highest BCUT2D eigenvalue weighted by atomic mass is 16.5. The fourth-order valence-electron chi connectivity index (χ4n) is 2.39. The topological polar surface area (TPSA) is 21.3 Å². The fraction of sp³-hybridized carbons (Fsp3) is 0.625. The van der Waals surface area contributed by atoms with Crippen LogP contribution in [0.5, 0.6) is 0 Å². The molecule has 1 aliphatic heterocycles. The van der Waals surface area contributed by atoms with Gasteiger partial charge >= 0.3 is 0 Å². The number of ether oxygens (including phenoxy) is 1. The van der Waals surface area contributed by atoms with Crippen molar-refractivity contribution in [1.82, 2.24) is 5.32 Å². The van der Waals surface area contributed by atoms with Gasteiger partial charge in [-0.05, 0) is 42.3 Å². The first-order valence-electron chi connectivity index (χ1n) is 7.13. The molecule has 2 rings (SSSR count). The first-order valence-corrected chi connectivity index (χ1v) is 7.13. The Morgan fingerprint density at radius 3 is 2.44 bits per heavy atom. The molecule has 2 nitrogen and oxygen atoms in total. The Bertz CT molecular complexity index is 339. The van der Waals surface area contributed by atoms with Gasteiger partial charge in [-0.25, -0.2) is 0 Å². The quantitative estimate of drug-likeness (QED) is 0.861. The average Bonchev–Trinajstić information content (AvgIpc) is 2.40. The molecule has 1 aliphatic rings. The molecular weight excluding hydrogens is 222 g/mol. The molecule has 1 fully saturated rings. The van der Waals surface area contributed by atoms with Gasteiger partial charge in [-0.2, -0.15) is 0 Å². The van der Waals surface area contributed by atoms with Crippen LogP contribution in [0.1, 0.15) is 43.7 Å². The lowest BCUT2D eigenvalue weighted by molar-refractivity contribution is 0.0662. The van der Waals surface area contributed by atoms with E-state index in [0.29, 0.717) is 5.92 Å². The van der Waals surface area contributed by atoms with Gasteiger partial charge < -0.3 is 10.1 Å². The molecule has 0 spiro atoms. The minimum absolute atomic E-state index is 0.620. The van der Waals surface area contributed by atoms with E-state index < -0.39 is 0 Å². The van der Waals surface area contributed by atoms with Crippen molar-refractivity contribution in [2.45, 2.75) is 39.2 Å². The number of hydrogen-bond donors (Lipinski definition) is 1. The summed E-state index contributed by atoms with van der Waals surface area (Å²) < 4.78 is 5.37. The molecule has 1 aromatic rings. The molecule has 2 heteroatoms. The molecular formula is C16H25NO. The van der Waals surface area contributed by atoms with E-state index in [9.17, 15) is 0 Å². The van der Waals surface area contributed by atoms with Crippen molar-refractivity contribution >= 4 is 0 Å². The molecule has 0 aromatic heterocycles. The Hall–Kier alpha value is -0.860. The van der Waals surface area contributed by atoms with Gasteiger partial charge in [0.05, 0.1) is 0 Å². The molecule has 0 atom stereocenters. The summed E-state index contributed by atoms with van der Waals surface area (Å²) in [5.74, 6) is 1.42. The van der Waals surface area contributed by atoms with Gasteiger partial charge in [0.25, 0.3) is 0 Å². The lowest BCUT2D eigenvalue weighted by atomic mass is 10.00. The van der Waals surface area contributed by atoms with E-state index in [1.807, 2.05) is 0 Å². The van der Waals surface area contributed by atoms with Crippen molar-refractivity contribution in [2.75, 3.05) is 19.8 Å². The fourth-order valence-corrected chi connectivity index (χ4v) is 2.39. The van der Waals surface area contributed by atoms with E-state index in [1.54, 1.807) is 0 Å². The van der Waals surface area contributed by atoms with Gasteiger partial charge in [0.15, 0.2) is 0 Å². The van der Waals surface area contributed by atoms with Crippen molar-refractivity contribution in [1.29, 1.82) is 0 Å². The molecule has 1 heterocycles. The van der Waals surface area contributed by atoms with Crippen molar-refractivity contribution in [3.8, 4) is 0 Å². The third-order valence-electron chi connectivity index (χ3n) is 3.75. The predicted molar refractivity (Wildman–Crippen MR) is 75.8 cm³/mol. The van der Waals surface area contributed by atoms with Crippen molar-refractivity contribution in [3.05, 3.63) is 35.4 Å². The first kappa shape index (κ1) is 13.6. The largest absolute Gasteiger partial charge is 0.381 e. The lowest BCUT2D eigenvalue weighted by Gasteiger charge is -2.22. The monoisotopic (exact) mass is 247 g/mol. The van der Waals surface area contributed by atoms with Gasteiger partial charge in [-0.15, -0.1) is 0 Å². The van der Waals surface area contributed by atoms with Gasteiger partial charge in [-0.3, -0.25) is 0 Å². The summed E-state index contributed by atoms with van der Waals surface area (Å²) in [5, 5.41) is 3.56. The molecule has 0 unspecified atom stereocenters. The summed E-state index contributed by atoms with van der Waals surface area (Å²) in [4.78, 5) is 0. The number of benzene rings is 1. The maximum atomic E-state index is 5.37. The van der Waals surface area contributed by atoms with E-state index in [0.717, 1.165) is 32.2 Å². The van der Waals surface area contributed by atoms with Crippen LogP contribution in [0.4, 0.5) is 0 Å². The lowest BCUT2D eigenvalue weighted by Crippen LogP contribution is -2.27. The van der Waals surface area contributed by atoms with E-state index in [-0.39, 0.29) is 0 Å². The third-order valence-corrected chi connectivity index (χ3v) is 3.75. The molecule has 0 bridgehead atoms. The summed E-state index contributed by atoms with van der Waals surface area (Å²) >= 11 is 0. The second-order valence-electron chi connectivity index (χ2n) is 5.58. The molecule has 18 heavy (non-hydrogen) atoms. The second-order valence-corrected chi connectivity index (χ2v) is 5.58. The van der Waals surface area contributed by atoms with Crippen molar-refractivity contribution < 1.29 is 4.74 Å². The Labute approximate surface area is 111 Å². The molecule has 1 aromatic carbocycles. The minimum atomic E-state index is 0.620. The van der Waals surface area contributed by atoms with Crippen LogP contribution < -0.4 is 5.32 Å². The van der Waals surface area contributed by atoms with E-state index >= 15 is 0 Å². The second kappa shape index (κ2) is 6.91. The first-order chi connectivity index (χ1) is 8.75. The number of nitrogens with one attached hydrogen (secondary N) is 1. The molecule has 0 saturated carbocycles. The van der Waals surface area contributed by atoms with Crippen molar-refractivity contribution in [3.63, 3.8) is 0 Å². The van der Waals surface area contributed by atoms with Crippen LogP contribution in [0.25, 0.3) is 0 Å². The van der Waals surface area contributed by atoms with Crippen LogP contribution in [0.3, 0.4) is 0 Å². The standard InChI is InChI=1S/C16H25NO/c1-13(2)16-5-3-14(4-6-16)11-17-12-15-7-9-18-10-8-15/h3-6,13,15,17H,7-12H2,1-2H3. The molecule has 100 valence electrons. The average molecular weight is 247 g/mol. The van der Waals surface area contributed by atoms with Gasteiger partial charge in [0.1, 0.15) is 0 Å². The van der Waals surface area contributed by atoms with Crippen LogP contribution in [0, 0.1) is 5.92 Å². The van der Waals surface area contributed by atoms with Crippen LogP contribution in [-0.4, -0.2) is 19.8 Å². The van der Waals surface area contributed by atoms with Crippen LogP contribution in [-0.2, 0) is 11.3 Å². The zero-order valence-electron chi connectivity index (χ0n) is 11.6. The van der Waals surface area contributed by atoms with E-state index in [4.69, 9.17) is 4.74 Å². The predicted octanol–water partition coefficient (Wildman–Crippen LogP) is 3.33. The Morgan fingerprint density at radius 1 is 1.17 bits per heavy atom. The smallest absolute Gasteiger partial charge is 0.0469 e. The summed E-state index contributed by atoms with van der Waals surface area (Å²) in [7, 11) is 0. The van der Waals surface area contributed by atoms with Crippen molar-refractivity contribution in [2.24, 2.45) is 5.92 Å². The highest BCUT2D eigenvalue weighted by molar-refractivity contribution is 5.24. The van der Waals surface area contributed by atoms with Gasteiger partial charge in [-0.1, -0.05) is 38.1 Å². The maximum absolute atomic E-state index is 5.37. The van der Waals surface area contributed by atoms with E-state index in [2.05, 4.69) is 43.4 Å². The van der Waals surface area contributed by atoms with Crippen LogP contribution in [0.15, 0.2) is 24.3 Å². The Kier molecular flexibility index (Phi) is 5.21. The highest BCUT2D eigenvalue weighted by Gasteiger charge is 2.12. The zero-order chi connectivity index (χ0) is 12.8. The SMILES string of the molecule is CC(C)c1ccc(CNCC2CCOCC2)cc1. The Balaban J connectivity index is 1.72. The normalized spacial score (nSPS) is 17.3. The summed E-state index contributed by atoms with van der Waals surface area (Å²) in [6.07, 6.45) is 2.42.